The Morgan fingerprint density at radius 2 is 2.37 bits per heavy atom. The molecule has 0 radical (unpaired) electrons. The number of Topliss-reactive ketones (excluding diaryl/α,β-unsaturated/α-hetero) is 1. The van der Waals surface area contributed by atoms with Gasteiger partial charge in [-0.15, -0.1) is 0 Å². The summed E-state index contributed by atoms with van der Waals surface area (Å²) in [4.78, 5) is 16.8. The van der Waals surface area contributed by atoms with Gasteiger partial charge in [0.15, 0.2) is 0 Å². The summed E-state index contributed by atoms with van der Waals surface area (Å²) in [7, 11) is 0. The van der Waals surface area contributed by atoms with Crippen molar-refractivity contribution >= 4 is 5.78 Å². The minimum absolute atomic E-state index is 0.0478. The Morgan fingerprint density at radius 3 is 3.11 bits per heavy atom. The topological polar surface area (TPSA) is 56.0 Å². The Hall–Kier alpha value is -1.22. The van der Waals surface area contributed by atoms with E-state index < -0.39 is 0 Å². The van der Waals surface area contributed by atoms with Gasteiger partial charge < -0.3 is 5.73 Å². The normalized spacial score (nSPS) is 19.2. The second-order valence-corrected chi connectivity index (χ2v) is 5.50. The van der Waals surface area contributed by atoms with Crippen LogP contribution in [0.3, 0.4) is 0 Å². The number of ketones is 1. The van der Waals surface area contributed by atoms with Crippen molar-refractivity contribution in [2.24, 2.45) is 11.7 Å². The number of hydrogen-bond donors (Lipinski definition) is 1. The highest BCUT2D eigenvalue weighted by molar-refractivity contribution is 5.86. The third kappa shape index (κ3) is 3.41. The molecule has 1 aromatic rings. The monoisotopic (exact) mass is 260 g/mol. The zero-order chi connectivity index (χ0) is 13.7. The lowest BCUT2D eigenvalue weighted by molar-refractivity contribution is -0.120. The quantitative estimate of drug-likeness (QED) is 0.820. The van der Waals surface area contributed by atoms with E-state index >= 15 is 0 Å². The lowest BCUT2D eigenvalue weighted by atomic mass is 9.91. The van der Waals surface area contributed by atoms with Crippen LogP contribution in [-0.2, 0) is 11.2 Å². The van der Waals surface area contributed by atoms with E-state index in [1.807, 2.05) is 6.07 Å². The number of aryl methyl sites for hydroxylation is 1. The minimum atomic E-state index is 0.0478. The van der Waals surface area contributed by atoms with Crippen molar-refractivity contribution in [1.29, 1.82) is 0 Å². The van der Waals surface area contributed by atoms with Crippen molar-refractivity contribution < 1.29 is 4.79 Å². The van der Waals surface area contributed by atoms with E-state index in [1.165, 1.54) is 5.56 Å². The van der Waals surface area contributed by atoms with Crippen LogP contribution in [0.15, 0.2) is 18.3 Å². The second kappa shape index (κ2) is 6.80. The number of aromatic nitrogens is 1. The summed E-state index contributed by atoms with van der Waals surface area (Å²) in [5.41, 5.74) is 7.89. The number of fused-ring (bicyclic) bond motifs is 1. The van der Waals surface area contributed by atoms with Crippen LogP contribution in [0.2, 0.25) is 0 Å². The zero-order valence-electron chi connectivity index (χ0n) is 11.8. The van der Waals surface area contributed by atoms with Crippen LogP contribution >= 0.6 is 0 Å². The van der Waals surface area contributed by atoms with Crippen molar-refractivity contribution in [3.05, 3.63) is 29.6 Å². The summed E-state index contributed by atoms with van der Waals surface area (Å²) in [6.45, 7) is 2.90. The van der Waals surface area contributed by atoms with Crippen LogP contribution in [0, 0.1) is 5.92 Å². The molecule has 2 N–H and O–H groups in total. The summed E-state index contributed by atoms with van der Waals surface area (Å²) in [6.07, 6.45) is 7.55. The van der Waals surface area contributed by atoms with Crippen LogP contribution in [0.25, 0.3) is 0 Å². The molecule has 19 heavy (non-hydrogen) atoms. The average molecular weight is 260 g/mol. The van der Waals surface area contributed by atoms with E-state index in [0.717, 1.165) is 44.3 Å². The molecule has 2 atom stereocenters. The van der Waals surface area contributed by atoms with Gasteiger partial charge in [0.05, 0.1) is 11.6 Å². The first-order valence-corrected chi connectivity index (χ1v) is 7.42. The number of hydrogen-bond acceptors (Lipinski definition) is 3. The molecule has 1 heterocycles. The molecule has 1 aromatic heterocycles. The fourth-order valence-corrected chi connectivity index (χ4v) is 3.03. The lowest BCUT2D eigenvalue weighted by Gasteiger charge is -2.15. The SMILES string of the molecule is CCC(CCN)CCC(=O)C1CCc2cccnc21. The van der Waals surface area contributed by atoms with Gasteiger partial charge in [-0.3, -0.25) is 9.78 Å². The molecule has 0 spiro atoms. The summed E-state index contributed by atoms with van der Waals surface area (Å²) in [5.74, 6) is 1.01. The fourth-order valence-electron chi connectivity index (χ4n) is 3.03. The molecule has 1 aliphatic rings. The maximum Gasteiger partial charge on any atom is 0.141 e. The van der Waals surface area contributed by atoms with Gasteiger partial charge in [-0.2, -0.15) is 0 Å². The van der Waals surface area contributed by atoms with E-state index in [0.29, 0.717) is 18.1 Å². The molecule has 3 heteroatoms. The summed E-state index contributed by atoms with van der Waals surface area (Å²) in [6, 6.07) is 4.05. The molecule has 0 aromatic carbocycles. The van der Waals surface area contributed by atoms with Gasteiger partial charge in [0.1, 0.15) is 5.78 Å². The van der Waals surface area contributed by atoms with Gasteiger partial charge in [0.25, 0.3) is 0 Å². The van der Waals surface area contributed by atoms with Crippen LogP contribution in [0.4, 0.5) is 0 Å². The molecule has 0 saturated carbocycles. The third-order valence-electron chi connectivity index (χ3n) is 4.30. The molecule has 0 bridgehead atoms. The third-order valence-corrected chi connectivity index (χ3v) is 4.30. The molecule has 2 unspecified atom stereocenters. The maximum absolute atomic E-state index is 12.4. The van der Waals surface area contributed by atoms with E-state index in [9.17, 15) is 4.79 Å². The number of pyridine rings is 1. The molecular formula is C16H24N2O. The van der Waals surface area contributed by atoms with E-state index in [1.54, 1.807) is 6.20 Å². The van der Waals surface area contributed by atoms with E-state index in [4.69, 9.17) is 5.73 Å². The van der Waals surface area contributed by atoms with E-state index in [2.05, 4.69) is 18.0 Å². The molecule has 0 fully saturated rings. The Labute approximate surface area is 115 Å². The smallest absolute Gasteiger partial charge is 0.141 e. The van der Waals surface area contributed by atoms with E-state index in [-0.39, 0.29) is 5.92 Å². The minimum Gasteiger partial charge on any atom is -0.330 e. The molecule has 2 rings (SSSR count). The van der Waals surface area contributed by atoms with Crippen LogP contribution in [-0.4, -0.2) is 17.3 Å². The average Bonchev–Trinajstić information content (AvgIpc) is 2.87. The predicted octanol–water partition coefficient (Wildman–Crippen LogP) is 2.84. The maximum atomic E-state index is 12.4. The first kappa shape index (κ1) is 14.2. The number of carbonyl (C=O) groups is 1. The Morgan fingerprint density at radius 1 is 1.53 bits per heavy atom. The Balaban J connectivity index is 1.91. The first-order valence-electron chi connectivity index (χ1n) is 7.42. The van der Waals surface area contributed by atoms with Gasteiger partial charge in [-0.1, -0.05) is 19.4 Å². The zero-order valence-corrected chi connectivity index (χ0v) is 11.8. The summed E-state index contributed by atoms with van der Waals surface area (Å²) < 4.78 is 0. The van der Waals surface area contributed by atoms with Gasteiger partial charge in [0.2, 0.25) is 0 Å². The molecular weight excluding hydrogens is 236 g/mol. The van der Waals surface area contributed by atoms with Crippen molar-refractivity contribution in [3.8, 4) is 0 Å². The van der Waals surface area contributed by atoms with Crippen LogP contribution in [0.5, 0.6) is 0 Å². The largest absolute Gasteiger partial charge is 0.330 e. The van der Waals surface area contributed by atoms with Crippen molar-refractivity contribution in [3.63, 3.8) is 0 Å². The number of carbonyl (C=O) groups excluding carboxylic acids is 1. The lowest BCUT2D eigenvalue weighted by Crippen LogP contribution is -2.14. The van der Waals surface area contributed by atoms with Crippen molar-refractivity contribution in [2.75, 3.05) is 6.54 Å². The Kier molecular flexibility index (Phi) is 5.08. The highest BCUT2D eigenvalue weighted by atomic mass is 16.1. The van der Waals surface area contributed by atoms with Crippen molar-refractivity contribution in [1.82, 2.24) is 4.98 Å². The van der Waals surface area contributed by atoms with Gasteiger partial charge >= 0.3 is 0 Å². The van der Waals surface area contributed by atoms with Crippen molar-refractivity contribution in [2.45, 2.75) is 51.4 Å². The van der Waals surface area contributed by atoms with Crippen LogP contribution < -0.4 is 5.73 Å². The molecule has 0 aliphatic heterocycles. The summed E-state index contributed by atoms with van der Waals surface area (Å²) in [5, 5.41) is 0. The van der Waals surface area contributed by atoms with Gasteiger partial charge in [-0.05, 0) is 49.8 Å². The molecule has 0 saturated heterocycles. The molecule has 1 aliphatic carbocycles. The number of nitrogens with two attached hydrogens (primary N) is 1. The van der Waals surface area contributed by atoms with Crippen LogP contribution in [0.1, 0.15) is 56.2 Å². The van der Waals surface area contributed by atoms with Gasteiger partial charge in [-0.25, -0.2) is 0 Å². The molecule has 0 amide bonds. The van der Waals surface area contributed by atoms with Gasteiger partial charge in [0, 0.05) is 12.6 Å². The fraction of sp³-hybridized carbons (Fsp3) is 0.625. The highest BCUT2D eigenvalue weighted by Gasteiger charge is 2.29. The highest BCUT2D eigenvalue weighted by Crippen LogP contribution is 2.33. The number of rotatable bonds is 7. The standard InChI is InChI=1S/C16H24N2O/c1-2-12(9-10-17)5-8-15(19)14-7-6-13-4-3-11-18-16(13)14/h3-4,11-12,14H,2,5-10,17H2,1H3. The predicted molar refractivity (Wildman–Crippen MR) is 77.0 cm³/mol. The number of nitrogens with zero attached hydrogens (tertiary/aromatic N) is 1. The Bertz CT molecular complexity index is 431. The molecule has 104 valence electrons. The summed E-state index contributed by atoms with van der Waals surface area (Å²) >= 11 is 0. The molecule has 3 nitrogen and oxygen atoms in total. The second-order valence-electron chi connectivity index (χ2n) is 5.50. The first-order chi connectivity index (χ1) is 9.26.